The summed E-state index contributed by atoms with van der Waals surface area (Å²) in [6, 6.07) is 5.64. The molecule has 1 amide bonds. The lowest BCUT2D eigenvalue weighted by molar-refractivity contribution is -0.124. The van der Waals surface area contributed by atoms with Gasteiger partial charge in [-0.2, -0.15) is 5.10 Å². The van der Waals surface area contributed by atoms with Crippen LogP contribution in [0.1, 0.15) is 55.2 Å². The van der Waals surface area contributed by atoms with Crippen LogP contribution >= 0.6 is 0 Å². The van der Waals surface area contributed by atoms with Crippen LogP contribution in [-0.2, 0) is 17.8 Å². The van der Waals surface area contributed by atoms with Crippen LogP contribution in [0.3, 0.4) is 0 Å². The van der Waals surface area contributed by atoms with Crippen LogP contribution in [0.4, 0.5) is 4.39 Å². The van der Waals surface area contributed by atoms with Gasteiger partial charge in [0.15, 0.2) is 0 Å². The highest BCUT2D eigenvalue weighted by molar-refractivity contribution is 5.77. The number of hydrogen-bond donors (Lipinski definition) is 2. The largest absolute Gasteiger partial charge is 0.388 e. The van der Waals surface area contributed by atoms with Crippen molar-refractivity contribution in [2.24, 2.45) is 0 Å². The standard InChI is InChI=1S/C18H22FN3O2/c1-2-22-16-8-4-7-15(14(16)11-20-22)21-18(24)10-17(23)12-5-3-6-13(19)9-12/h3,5-6,9,11,15,17,23H,2,4,7-8,10H2,1H3,(H,21,24). The summed E-state index contributed by atoms with van der Waals surface area (Å²) in [5, 5.41) is 17.5. The first-order valence-corrected chi connectivity index (χ1v) is 8.36. The molecule has 2 unspecified atom stereocenters. The van der Waals surface area contributed by atoms with Crippen molar-refractivity contribution in [2.75, 3.05) is 0 Å². The summed E-state index contributed by atoms with van der Waals surface area (Å²) < 4.78 is 15.2. The second-order valence-electron chi connectivity index (χ2n) is 6.15. The number of rotatable bonds is 5. The van der Waals surface area contributed by atoms with E-state index in [-0.39, 0.29) is 18.4 Å². The van der Waals surface area contributed by atoms with Gasteiger partial charge in [-0.25, -0.2) is 4.39 Å². The number of carbonyl (C=O) groups is 1. The van der Waals surface area contributed by atoms with E-state index in [1.54, 1.807) is 6.07 Å². The average molecular weight is 331 g/mol. The predicted octanol–water partition coefficient (Wildman–Crippen LogP) is 2.66. The molecule has 1 aromatic carbocycles. The molecule has 3 rings (SSSR count). The van der Waals surface area contributed by atoms with Gasteiger partial charge in [0.25, 0.3) is 0 Å². The van der Waals surface area contributed by atoms with Crippen molar-refractivity contribution in [1.82, 2.24) is 15.1 Å². The van der Waals surface area contributed by atoms with E-state index in [0.29, 0.717) is 5.56 Å². The van der Waals surface area contributed by atoms with Gasteiger partial charge < -0.3 is 10.4 Å². The number of aryl methyl sites for hydroxylation is 1. The van der Waals surface area contributed by atoms with Crippen LogP contribution in [0.15, 0.2) is 30.5 Å². The normalized spacial score (nSPS) is 18.0. The summed E-state index contributed by atoms with van der Waals surface area (Å²) in [7, 11) is 0. The molecule has 1 aromatic heterocycles. The number of hydrogen-bond acceptors (Lipinski definition) is 3. The third kappa shape index (κ3) is 3.48. The van der Waals surface area contributed by atoms with Gasteiger partial charge in [0.2, 0.25) is 5.91 Å². The van der Waals surface area contributed by atoms with Gasteiger partial charge in [0.1, 0.15) is 5.82 Å². The van der Waals surface area contributed by atoms with Crippen LogP contribution in [0, 0.1) is 5.82 Å². The minimum Gasteiger partial charge on any atom is -0.388 e. The number of halogens is 1. The van der Waals surface area contributed by atoms with Crippen molar-refractivity contribution >= 4 is 5.91 Å². The summed E-state index contributed by atoms with van der Waals surface area (Å²) in [6.45, 7) is 2.86. The molecule has 128 valence electrons. The van der Waals surface area contributed by atoms with E-state index in [1.807, 2.05) is 17.8 Å². The maximum absolute atomic E-state index is 13.2. The molecule has 0 fully saturated rings. The SMILES string of the molecule is CCn1ncc2c1CCCC2NC(=O)CC(O)c1cccc(F)c1. The summed E-state index contributed by atoms with van der Waals surface area (Å²) in [5.74, 6) is -0.662. The highest BCUT2D eigenvalue weighted by Gasteiger charge is 2.26. The summed E-state index contributed by atoms with van der Waals surface area (Å²) >= 11 is 0. The average Bonchev–Trinajstić information content (AvgIpc) is 2.99. The Balaban J connectivity index is 1.65. The number of aromatic nitrogens is 2. The zero-order valence-electron chi connectivity index (χ0n) is 13.7. The number of nitrogens with one attached hydrogen (secondary N) is 1. The van der Waals surface area contributed by atoms with E-state index in [2.05, 4.69) is 10.4 Å². The van der Waals surface area contributed by atoms with Crippen LogP contribution in [0.5, 0.6) is 0 Å². The Kier molecular flexibility index (Phi) is 4.94. The van der Waals surface area contributed by atoms with Crippen LogP contribution in [0.25, 0.3) is 0 Å². The monoisotopic (exact) mass is 331 g/mol. The smallest absolute Gasteiger partial charge is 0.223 e. The van der Waals surface area contributed by atoms with Gasteiger partial charge in [-0.3, -0.25) is 9.48 Å². The molecule has 5 nitrogen and oxygen atoms in total. The maximum Gasteiger partial charge on any atom is 0.223 e. The number of nitrogens with zero attached hydrogens (tertiary/aromatic N) is 2. The first-order valence-electron chi connectivity index (χ1n) is 8.36. The van der Waals surface area contributed by atoms with Crippen molar-refractivity contribution in [2.45, 2.75) is 51.3 Å². The van der Waals surface area contributed by atoms with Gasteiger partial charge >= 0.3 is 0 Å². The van der Waals surface area contributed by atoms with Crippen molar-refractivity contribution < 1.29 is 14.3 Å². The van der Waals surface area contributed by atoms with E-state index in [4.69, 9.17) is 0 Å². The van der Waals surface area contributed by atoms with Crippen LogP contribution < -0.4 is 5.32 Å². The van der Waals surface area contributed by atoms with Crippen molar-refractivity contribution in [3.8, 4) is 0 Å². The quantitative estimate of drug-likeness (QED) is 0.885. The van der Waals surface area contributed by atoms with E-state index in [0.717, 1.165) is 31.4 Å². The number of carbonyl (C=O) groups excluding carboxylic acids is 1. The molecule has 0 bridgehead atoms. The summed E-state index contributed by atoms with van der Waals surface area (Å²) in [4.78, 5) is 12.3. The van der Waals surface area contributed by atoms with Crippen LogP contribution in [0.2, 0.25) is 0 Å². The first-order chi connectivity index (χ1) is 11.6. The highest BCUT2D eigenvalue weighted by atomic mass is 19.1. The van der Waals surface area contributed by atoms with Gasteiger partial charge in [0, 0.05) is 17.8 Å². The van der Waals surface area contributed by atoms with Crippen molar-refractivity contribution in [3.05, 3.63) is 53.1 Å². The van der Waals surface area contributed by atoms with Gasteiger partial charge in [-0.15, -0.1) is 0 Å². The molecule has 1 heterocycles. The second-order valence-corrected chi connectivity index (χ2v) is 6.15. The lowest BCUT2D eigenvalue weighted by Crippen LogP contribution is -2.31. The number of benzene rings is 1. The third-order valence-corrected chi connectivity index (χ3v) is 4.51. The summed E-state index contributed by atoms with van der Waals surface area (Å²) in [5.41, 5.74) is 2.66. The highest BCUT2D eigenvalue weighted by Crippen LogP contribution is 2.30. The molecule has 2 N–H and O–H groups in total. The third-order valence-electron chi connectivity index (χ3n) is 4.51. The lowest BCUT2D eigenvalue weighted by Gasteiger charge is -2.24. The Morgan fingerprint density at radius 1 is 1.54 bits per heavy atom. The molecule has 0 radical (unpaired) electrons. The molecule has 0 saturated carbocycles. The maximum atomic E-state index is 13.2. The molecule has 2 atom stereocenters. The molecule has 1 aliphatic rings. The van der Waals surface area contributed by atoms with Crippen molar-refractivity contribution in [1.29, 1.82) is 0 Å². The number of fused-ring (bicyclic) bond motifs is 1. The van der Waals surface area contributed by atoms with E-state index < -0.39 is 11.9 Å². The molecule has 1 aliphatic carbocycles. The Labute approximate surface area is 140 Å². The van der Waals surface area contributed by atoms with Crippen LogP contribution in [-0.4, -0.2) is 20.8 Å². The molecular weight excluding hydrogens is 309 g/mol. The Morgan fingerprint density at radius 3 is 3.12 bits per heavy atom. The predicted molar refractivity (Wildman–Crippen MR) is 87.7 cm³/mol. The zero-order chi connectivity index (χ0) is 17.1. The van der Waals surface area contributed by atoms with E-state index in [9.17, 15) is 14.3 Å². The number of aliphatic hydroxyl groups is 1. The molecule has 0 aliphatic heterocycles. The molecular formula is C18H22FN3O2. The minimum atomic E-state index is -1.01. The Bertz CT molecular complexity index is 729. The first kappa shape index (κ1) is 16.6. The van der Waals surface area contributed by atoms with Gasteiger partial charge in [-0.05, 0) is 43.9 Å². The number of aliphatic hydroxyl groups excluding tert-OH is 1. The fourth-order valence-electron chi connectivity index (χ4n) is 3.30. The Hall–Kier alpha value is -2.21. The second kappa shape index (κ2) is 7.13. The van der Waals surface area contributed by atoms with Gasteiger partial charge in [-0.1, -0.05) is 12.1 Å². The van der Waals surface area contributed by atoms with Crippen molar-refractivity contribution in [3.63, 3.8) is 0 Å². The Morgan fingerprint density at radius 2 is 2.38 bits per heavy atom. The molecule has 24 heavy (non-hydrogen) atoms. The zero-order valence-corrected chi connectivity index (χ0v) is 13.7. The minimum absolute atomic E-state index is 0.0683. The van der Waals surface area contributed by atoms with E-state index in [1.165, 1.54) is 23.9 Å². The topological polar surface area (TPSA) is 67.2 Å². The molecule has 0 spiro atoms. The molecule has 0 saturated heterocycles. The fourth-order valence-corrected chi connectivity index (χ4v) is 3.30. The van der Waals surface area contributed by atoms with Gasteiger partial charge in [0.05, 0.1) is 24.8 Å². The fraction of sp³-hybridized carbons (Fsp3) is 0.444. The summed E-state index contributed by atoms with van der Waals surface area (Å²) in [6.07, 6.45) is 3.56. The molecule has 6 heteroatoms. The van der Waals surface area contributed by atoms with E-state index >= 15 is 0 Å². The number of amides is 1. The lowest BCUT2D eigenvalue weighted by atomic mass is 9.92. The molecule has 2 aromatic rings.